The fourth-order valence-corrected chi connectivity index (χ4v) is 5.21. The summed E-state index contributed by atoms with van der Waals surface area (Å²) in [5.74, 6) is 1.46. The Morgan fingerprint density at radius 3 is 2.26 bits per heavy atom. The van der Waals surface area contributed by atoms with E-state index < -0.39 is 14.0 Å². The zero-order chi connectivity index (χ0) is 28.9. The summed E-state index contributed by atoms with van der Waals surface area (Å²) in [5.41, 5.74) is 7.63. The second kappa shape index (κ2) is 12.5. The summed E-state index contributed by atoms with van der Waals surface area (Å²) in [6.07, 6.45) is 0. The van der Waals surface area contributed by atoms with E-state index in [4.69, 9.17) is 34.3 Å². The number of carbonyl (C=O) groups is 1. The molecular weight excluding hydrogens is 514 g/mol. The maximum atomic E-state index is 11.5. The average molecular weight is 556 g/mol. The lowest BCUT2D eigenvalue weighted by atomic mass is 10.0. The Kier molecular flexibility index (Phi) is 9.62. The number of carbonyl (C=O) groups excluding carboxylic acids is 1. The molecule has 0 saturated carbocycles. The number of likely N-dealkylation sites (N-methyl/N-ethyl adjacent to an activating group) is 1. The molecule has 11 heteroatoms. The number of hydrogen-bond donors (Lipinski definition) is 2. The van der Waals surface area contributed by atoms with Gasteiger partial charge in [-0.1, -0.05) is 44.7 Å². The number of primary amides is 1. The standard InChI is InChI=1S/C28H41N5O5Si/c1-10-33(14-13-30-17(2)3)28-31-26(35-5)24(27(32-28)36-6)20-15-19(39(7,8)9)16-22(18(20)4)38-23-12-11-21(37-23)25(29)34/h11-12,15-17,30H,10,13-14H2,1-9H3,(H2,29,34). The number of aromatic nitrogens is 2. The number of nitrogens with two attached hydrogens (primary N) is 1. The van der Waals surface area contributed by atoms with E-state index in [0.29, 0.717) is 35.1 Å². The van der Waals surface area contributed by atoms with Crippen LogP contribution in [0.2, 0.25) is 19.6 Å². The molecule has 3 aromatic rings. The molecule has 2 aromatic heterocycles. The minimum Gasteiger partial charge on any atom is -0.480 e. The topological polar surface area (TPSA) is 125 Å². The first-order valence-electron chi connectivity index (χ1n) is 13.1. The highest BCUT2D eigenvalue weighted by molar-refractivity contribution is 6.88. The highest BCUT2D eigenvalue weighted by Crippen LogP contribution is 2.42. The number of nitrogens with one attached hydrogen (secondary N) is 1. The van der Waals surface area contributed by atoms with Crippen molar-refractivity contribution in [2.45, 2.75) is 53.4 Å². The number of furan rings is 1. The van der Waals surface area contributed by atoms with Crippen LogP contribution in [-0.4, -0.2) is 63.8 Å². The first-order valence-corrected chi connectivity index (χ1v) is 16.6. The third-order valence-corrected chi connectivity index (χ3v) is 8.37. The van der Waals surface area contributed by atoms with Gasteiger partial charge in [-0.25, -0.2) is 0 Å². The van der Waals surface area contributed by atoms with Crippen LogP contribution in [0.25, 0.3) is 11.1 Å². The van der Waals surface area contributed by atoms with Gasteiger partial charge in [-0.05, 0) is 31.5 Å². The van der Waals surface area contributed by atoms with Gasteiger partial charge in [0.25, 0.3) is 11.9 Å². The van der Waals surface area contributed by atoms with Gasteiger partial charge in [0, 0.05) is 37.3 Å². The number of hydrogen-bond acceptors (Lipinski definition) is 9. The van der Waals surface area contributed by atoms with Crippen LogP contribution in [0.3, 0.4) is 0 Å². The molecule has 0 saturated heterocycles. The highest BCUT2D eigenvalue weighted by Gasteiger charge is 2.27. The molecule has 0 unspecified atom stereocenters. The molecule has 0 bridgehead atoms. The van der Waals surface area contributed by atoms with Crippen LogP contribution in [0, 0.1) is 6.92 Å². The van der Waals surface area contributed by atoms with Crippen molar-refractivity contribution in [1.29, 1.82) is 0 Å². The van der Waals surface area contributed by atoms with Crippen LogP contribution < -0.4 is 35.3 Å². The first kappa shape index (κ1) is 30.0. The number of amides is 1. The zero-order valence-electron chi connectivity index (χ0n) is 24.5. The predicted molar refractivity (Wildman–Crippen MR) is 157 cm³/mol. The number of methoxy groups -OCH3 is 2. The largest absolute Gasteiger partial charge is 0.480 e. The maximum absolute atomic E-state index is 11.5. The van der Waals surface area contributed by atoms with Crippen LogP contribution in [0.15, 0.2) is 28.7 Å². The van der Waals surface area contributed by atoms with E-state index in [-0.39, 0.29) is 11.7 Å². The molecule has 212 valence electrons. The number of nitrogens with zero attached hydrogens (tertiary/aromatic N) is 3. The lowest BCUT2D eigenvalue weighted by Gasteiger charge is -2.25. The molecule has 2 heterocycles. The average Bonchev–Trinajstić information content (AvgIpc) is 3.35. The summed E-state index contributed by atoms with van der Waals surface area (Å²) in [7, 11) is 1.37. The van der Waals surface area contributed by atoms with E-state index in [2.05, 4.69) is 56.7 Å². The fraction of sp³-hybridized carbons (Fsp3) is 0.464. The van der Waals surface area contributed by atoms with Crippen molar-refractivity contribution in [2.75, 3.05) is 38.8 Å². The van der Waals surface area contributed by atoms with E-state index in [9.17, 15) is 4.79 Å². The van der Waals surface area contributed by atoms with E-state index in [1.807, 2.05) is 13.0 Å². The number of anilines is 1. The maximum Gasteiger partial charge on any atom is 0.290 e. The van der Waals surface area contributed by atoms with Crippen molar-refractivity contribution in [3.63, 3.8) is 0 Å². The molecular formula is C28H41N5O5Si. The highest BCUT2D eigenvalue weighted by atomic mass is 28.3. The third kappa shape index (κ3) is 7.10. The molecule has 0 spiro atoms. The summed E-state index contributed by atoms with van der Waals surface area (Å²) in [6, 6.07) is 7.61. The van der Waals surface area contributed by atoms with Crippen LogP contribution in [-0.2, 0) is 0 Å². The van der Waals surface area contributed by atoms with Gasteiger partial charge in [0.2, 0.25) is 17.7 Å². The molecule has 0 aliphatic heterocycles. The van der Waals surface area contributed by atoms with E-state index in [1.165, 1.54) is 6.07 Å². The first-order chi connectivity index (χ1) is 18.4. The van der Waals surface area contributed by atoms with E-state index in [0.717, 1.165) is 35.9 Å². The van der Waals surface area contributed by atoms with Gasteiger partial charge >= 0.3 is 0 Å². The van der Waals surface area contributed by atoms with Gasteiger partial charge < -0.3 is 34.6 Å². The molecule has 3 rings (SSSR count). The second-order valence-electron chi connectivity index (χ2n) is 10.6. The fourth-order valence-electron chi connectivity index (χ4n) is 4.07. The SMILES string of the molecule is CCN(CCNC(C)C)c1nc(OC)c(-c2cc([Si](C)(C)C)cc(Oc3ccc(C(N)=O)o3)c2C)c(OC)n1. The smallest absolute Gasteiger partial charge is 0.290 e. The molecule has 1 aromatic carbocycles. The van der Waals surface area contributed by atoms with Crippen molar-refractivity contribution >= 4 is 25.1 Å². The Hall–Kier alpha value is -3.57. The van der Waals surface area contributed by atoms with Crippen LogP contribution in [0.5, 0.6) is 23.5 Å². The Balaban J connectivity index is 2.16. The van der Waals surface area contributed by atoms with Crippen LogP contribution in [0.4, 0.5) is 5.95 Å². The molecule has 3 N–H and O–H groups in total. The Bertz CT molecular complexity index is 1280. The molecule has 0 aliphatic rings. The summed E-state index contributed by atoms with van der Waals surface area (Å²) in [5, 5.41) is 4.57. The Morgan fingerprint density at radius 1 is 1.13 bits per heavy atom. The van der Waals surface area contributed by atoms with Crippen molar-refractivity contribution in [3.8, 4) is 34.6 Å². The third-order valence-electron chi connectivity index (χ3n) is 6.35. The van der Waals surface area contributed by atoms with Gasteiger partial charge in [-0.3, -0.25) is 4.79 Å². The molecule has 39 heavy (non-hydrogen) atoms. The lowest BCUT2D eigenvalue weighted by molar-refractivity contribution is 0.0969. The van der Waals surface area contributed by atoms with Gasteiger partial charge in [0.1, 0.15) is 11.3 Å². The Morgan fingerprint density at radius 2 is 1.77 bits per heavy atom. The summed E-state index contributed by atoms with van der Waals surface area (Å²) in [6.45, 7) is 17.3. The summed E-state index contributed by atoms with van der Waals surface area (Å²) in [4.78, 5) is 23.2. The second-order valence-corrected chi connectivity index (χ2v) is 15.7. The quantitative estimate of drug-likeness (QED) is 0.297. The zero-order valence-corrected chi connectivity index (χ0v) is 25.5. The minimum atomic E-state index is -1.82. The molecule has 0 fully saturated rings. The Labute approximate surface area is 231 Å². The van der Waals surface area contributed by atoms with Crippen LogP contribution in [0.1, 0.15) is 36.9 Å². The van der Waals surface area contributed by atoms with Crippen LogP contribution >= 0.6 is 0 Å². The lowest BCUT2D eigenvalue weighted by Crippen LogP contribution is -2.37. The molecule has 0 radical (unpaired) electrons. The van der Waals surface area contributed by atoms with Gasteiger partial charge in [-0.2, -0.15) is 9.97 Å². The van der Waals surface area contributed by atoms with E-state index >= 15 is 0 Å². The van der Waals surface area contributed by atoms with Gasteiger partial charge in [0.05, 0.1) is 22.3 Å². The predicted octanol–water partition coefficient (Wildman–Crippen LogP) is 4.32. The number of rotatable bonds is 13. The van der Waals surface area contributed by atoms with Crippen molar-refractivity contribution < 1.29 is 23.4 Å². The molecule has 1 amide bonds. The summed E-state index contributed by atoms with van der Waals surface area (Å²) >= 11 is 0. The normalized spacial score (nSPS) is 11.5. The summed E-state index contributed by atoms with van der Waals surface area (Å²) < 4.78 is 23.3. The number of benzene rings is 1. The van der Waals surface area contributed by atoms with Crippen molar-refractivity contribution in [2.24, 2.45) is 5.73 Å². The van der Waals surface area contributed by atoms with Crippen molar-refractivity contribution in [3.05, 3.63) is 35.6 Å². The van der Waals surface area contributed by atoms with Crippen molar-refractivity contribution in [1.82, 2.24) is 15.3 Å². The molecule has 10 nitrogen and oxygen atoms in total. The van der Waals surface area contributed by atoms with Gasteiger partial charge in [0.15, 0.2) is 5.76 Å². The van der Waals surface area contributed by atoms with Gasteiger partial charge in [-0.15, -0.1) is 0 Å². The molecule has 0 atom stereocenters. The number of ether oxygens (including phenoxy) is 3. The van der Waals surface area contributed by atoms with E-state index in [1.54, 1.807) is 20.3 Å². The molecule has 0 aliphatic carbocycles. The minimum absolute atomic E-state index is 0.0284. The monoisotopic (exact) mass is 555 g/mol.